The van der Waals surface area contributed by atoms with Crippen LogP contribution in [0.5, 0.6) is 5.75 Å². The third kappa shape index (κ3) is 4.69. The molecule has 10 heteroatoms. The van der Waals surface area contributed by atoms with Crippen molar-refractivity contribution in [3.63, 3.8) is 0 Å². The minimum absolute atomic E-state index is 0.181. The zero-order chi connectivity index (χ0) is 24.5. The molecular formula is C25H27Cl2N7O. The summed E-state index contributed by atoms with van der Waals surface area (Å²) in [4.78, 5) is 13.6. The van der Waals surface area contributed by atoms with E-state index in [0.29, 0.717) is 22.4 Å². The van der Waals surface area contributed by atoms with Gasteiger partial charge in [0, 0.05) is 66.3 Å². The minimum Gasteiger partial charge on any atom is -0.494 e. The number of hydrogen-bond acceptors (Lipinski definition) is 7. The SMILES string of the molecule is COc1cc(N2CCN(C)CC2)ccc1-n1ccc2nc(N)nc(NCc3c(Cl)cccc3Cl)c21. The van der Waals surface area contributed by atoms with Gasteiger partial charge in [0.05, 0.1) is 18.3 Å². The lowest BCUT2D eigenvalue weighted by atomic mass is 10.2. The van der Waals surface area contributed by atoms with Gasteiger partial charge in [0.25, 0.3) is 0 Å². The second kappa shape index (κ2) is 9.81. The van der Waals surface area contributed by atoms with E-state index in [2.05, 4.69) is 50.3 Å². The molecule has 3 heterocycles. The Kier molecular flexibility index (Phi) is 6.60. The highest BCUT2D eigenvalue weighted by Gasteiger charge is 2.19. The lowest BCUT2D eigenvalue weighted by Gasteiger charge is -2.34. The van der Waals surface area contributed by atoms with Crippen molar-refractivity contribution >= 4 is 51.7 Å². The molecule has 1 aliphatic heterocycles. The fraction of sp³-hybridized carbons (Fsp3) is 0.280. The first-order valence-corrected chi connectivity index (χ1v) is 12.1. The molecule has 35 heavy (non-hydrogen) atoms. The molecule has 0 radical (unpaired) electrons. The highest BCUT2D eigenvalue weighted by Crippen LogP contribution is 2.34. The van der Waals surface area contributed by atoms with Crippen LogP contribution in [-0.2, 0) is 6.54 Å². The molecule has 182 valence electrons. The molecule has 0 atom stereocenters. The molecule has 8 nitrogen and oxygen atoms in total. The van der Waals surface area contributed by atoms with E-state index in [9.17, 15) is 0 Å². The zero-order valence-electron chi connectivity index (χ0n) is 19.6. The average Bonchev–Trinajstić information content (AvgIpc) is 3.27. The molecule has 1 aliphatic rings. The molecule has 1 fully saturated rings. The fourth-order valence-electron chi connectivity index (χ4n) is 4.39. The number of halogens is 2. The number of aromatic nitrogens is 3. The van der Waals surface area contributed by atoms with Crippen LogP contribution in [0.1, 0.15) is 5.56 Å². The topological polar surface area (TPSA) is 84.5 Å². The van der Waals surface area contributed by atoms with E-state index in [0.717, 1.165) is 59.9 Å². The van der Waals surface area contributed by atoms with Crippen LogP contribution in [0, 0.1) is 0 Å². The summed E-state index contributed by atoms with van der Waals surface area (Å²) in [6.07, 6.45) is 1.94. The van der Waals surface area contributed by atoms with Crippen molar-refractivity contribution < 1.29 is 4.74 Å². The first-order valence-electron chi connectivity index (χ1n) is 11.4. The molecule has 1 saturated heterocycles. The van der Waals surface area contributed by atoms with Crippen LogP contribution in [0.2, 0.25) is 10.0 Å². The molecule has 0 aliphatic carbocycles. The van der Waals surface area contributed by atoms with E-state index in [4.69, 9.17) is 33.7 Å². The van der Waals surface area contributed by atoms with Crippen molar-refractivity contribution in [3.8, 4) is 11.4 Å². The first-order chi connectivity index (χ1) is 16.9. The Bertz CT molecular complexity index is 1350. The molecule has 0 spiro atoms. The Hall–Kier alpha value is -3.20. The second-order valence-corrected chi connectivity index (χ2v) is 9.36. The van der Waals surface area contributed by atoms with Crippen molar-refractivity contribution in [1.82, 2.24) is 19.4 Å². The van der Waals surface area contributed by atoms with E-state index in [-0.39, 0.29) is 5.95 Å². The average molecular weight is 512 g/mol. The van der Waals surface area contributed by atoms with Gasteiger partial charge in [-0.15, -0.1) is 0 Å². The van der Waals surface area contributed by atoms with Crippen LogP contribution >= 0.6 is 23.2 Å². The van der Waals surface area contributed by atoms with Crippen LogP contribution in [0.25, 0.3) is 16.7 Å². The summed E-state index contributed by atoms with van der Waals surface area (Å²) in [5.41, 5.74) is 10.3. The summed E-state index contributed by atoms with van der Waals surface area (Å²) in [5.74, 6) is 1.52. The summed E-state index contributed by atoms with van der Waals surface area (Å²) in [6, 6.07) is 13.6. The highest BCUT2D eigenvalue weighted by atomic mass is 35.5. The van der Waals surface area contributed by atoms with Crippen molar-refractivity contribution in [2.45, 2.75) is 6.54 Å². The summed E-state index contributed by atoms with van der Waals surface area (Å²) < 4.78 is 7.83. The number of nitrogen functional groups attached to an aromatic ring is 1. The number of nitrogens with two attached hydrogens (primary N) is 1. The Morgan fingerprint density at radius 2 is 1.77 bits per heavy atom. The monoisotopic (exact) mass is 511 g/mol. The molecule has 2 aromatic carbocycles. The summed E-state index contributed by atoms with van der Waals surface area (Å²) in [7, 11) is 3.84. The summed E-state index contributed by atoms with van der Waals surface area (Å²) in [5, 5.41) is 4.52. The minimum atomic E-state index is 0.181. The van der Waals surface area contributed by atoms with Crippen LogP contribution in [-0.4, -0.2) is 59.8 Å². The number of methoxy groups -OCH3 is 1. The Morgan fingerprint density at radius 1 is 1.03 bits per heavy atom. The molecule has 5 rings (SSSR count). The van der Waals surface area contributed by atoms with Crippen LogP contribution in [0.3, 0.4) is 0 Å². The molecule has 0 amide bonds. The van der Waals surface area contributed by atoms with E-state index in [1.54, 1.807) is 7.11 Å². The van der Waals surface area contributed by atoms with E-state index < -0.39 is 0 Å². The smallest absolute Gasteiger partial charge is 0.222 e. The van der Waals surface area contributed by atoms with Gasteiger partial charge < -0.3 is 30.2 Å². The lowest BCUT2D eigenvalue weighted by molar-refractivity contribution is 0.312. The van der Waals surface area contributed by atoms with Crippen molar-refractivity contribution in [2.24, 2.45) is 0 Å². The Balaban J connectivity index is 1.52. The van der Waals surface area contributed by atoms with Crippen LogP contribution < -0.4 is 20.7 Å². The number of likely N-dealkylation sites (N-methyl/N-ethyl adjacent to an activating group) is 1. The van der Waals surface area contributed by atoms with E-state index in [1.807, 2.05) is 35.0 Å². The second-order valence-electron chi connectivity index (χ2n) is 8.55. The predicted octanol–water partition coefficient (Wildman–Crippen LogP) is 4.68. The number of nitrogens with zero attached hydrogens (tertiary/aromatic N) is 5. The summed E-state index contributed by atoms with van der Waals surface area (Å²) >= 11 is 12.7. The maximum absolute atomic E-state index is 6.37. The predicted molar refractivity (Wildman–Crippen MR) is 143 cm³/mol. The van der Waals surface area contributed by atoms with E-state index in [1.165, 1.54) is 0 Å². The van der Waals surface area contributed by atoms with Crippen LogP contribution in [0.15, 0.2) is 48.7 Å². The third-order valence-electron chi connectivity index (χ3n) is 6.34. The van der Waals surface area contributed by atoms with Gasteiger partial charge in [-0.05, 0) is 37.4 Å². The van der Waals surface area contributed by atoms with E-state index >= 15 is 0 Å². The van der Waals surface area contributed by atoms with Gasteiger partial charge in [0.2, 0.25) is 5.95 Å². The largest absolute Gasteiger partial charge is 0.494 e. The van der Waals surface area contributed by atoms with Gasteiger partial charge in [0.1, 0.15) is 11.3 Å². The maximum Gasteiger partial charge on any atom is 0.222 e. The van der Waals surface area contributed by atoms with Gasteiger partial charge in [-0.1, -0.05) is 29.3 Å². The molecule has 0 bridgehead atoms. The number of anilines is 3. The first kappa shape index (κ1) is 23.5. The van der Waals surface area contributed by atoms with Gasteiger partial charge in [0.15, 0.2) is 5.82 Å². The van der Waals surface area contributed by atoms with Crippen molar-refractivity contribution in [3.05, 3.63) is 64.3 Å². The van der Waals surface area contributed by atoms with Crippen LogP contribution in [0.4, 0.5) is 17.5 Å². The normalized spacial score (nSPS) is 14.5. The molecule has 0 unspecified atom stereocenters. The van der Waals surface area contributed by atoms with Crippen molar-refractivity contribution in [2.75, 3.05) is 56.3 Å². The van der Waals surface area contributed by atoms with Crippen molar-refractivity contribution in [1.29, 1.82) is 0 Å². The van der Waals surface area contributed by atoms with Gasteiger partial charge in [-0.2, -0.15) is 4.98 Å². The number of piperazine rings is 1. The fourth-order valence-corrected chi connectivity index (χ4v) is 4.92. The Morgan fingerprint density at radius 3 is 2.49 bits per heavy atom. The number of nitrogens with one attached hydrogen (secondary N) is 1. The maximum atomic E-state index is 6.37. The quantitative estimate of drug-likeness (QED) is 0.388. The highest BCUT2D eigenvalue weighted by molar-refractivity contribution is 6.36. The van der Waals surface area contributed by atoms with Gasteiger partial charge in [-0.3, -0.25) is 0 Å². The lowest BCUT2D eigenvalue weighted by Crippen LogP contribution is -2.44. The zero-order valence-corrected chi connectivity index (χ0v) is 21.1. The number of hydrogen-bond donors (Lipinski definition) is 2. The number of ether oxygens (including phenoxy) is 1. The number of benzene rings is 2. The Labute approximate surface area is 214 Å². The molecular weight excluding hydrogens is 485 g/mol. The standard InChI is InChI=1S/C25H27Cl2N7O/c1-32-10-12-33(13-11-32)16-6-7-21(22(14-16)35-2)34-9-8-20-23(34)24(31-25(28)30-20)29-15-17-18(26)4-3-5-19(17)27/h3-9,14H,10-13,15H2,1-2H3,(H3,28,29,30,31). The molecule has 2 aromatic heterocycles. The molecule has 4 aromatic rings. The molecule has 3 N–H and O–H groups in total. The number of fused-ring (bicyclic) bond motifs is 1. The summed E-state index contributed by atoms with van der Waals surface area (Å²) in [6.45, 7) is 4.42. The third-order valence-corrected chi connectivity index (χ3v) is 7.04. The van der Waals surface area contributed by atoms with Gasteiger partial charge in [-0.25, -0.2) is 4.98 Å². The van der Waals surface area contributed by atoms with Gasteiger partial charge >= 0.3 is 0 Å². The number of rotatable bonds is 6. The molecule has 0 saturated carbocycles.